The van der Waals surface area contributed by atoms with Crippen molar-refractivity contribution in [3.8, 4) is 0 Å². The number of rotatable bonds is 1. The number of hydrogen-bond donors (Lipinski definition) is 1. The molecule has 0 aromatic rings. The Morgan fingerprint density at radius 2 is 2.22 bits per heavy atom. The van der Waals surface area contributed by atoms with E-state index >= 15 is 0 Å². The van der Waals surface area contributed by atoms with E-state index in [1.54, 1.807) is 0 Å². The lowest BCUT2D eigenvalue weighted by Gasteiger charge is -2.21. The summed E-state index contributed by atoms with van der Waals surface area (Å²) in [6.45, 7) is 2.20. The van der Waals surface area contributed by atoms with E-state index in [0.29, 0.717) is 12.1 Å². The molecule has 2 nitrogen and oxygen atoms in total. The zero-order valence-electron chi connectivity index (χ0n) is 5.60. The largest absolute Gasteiger partial charge is 0.371 e. The van der Waals surface area contributed by atoms with Gasteiger partial charge in [-0.25, -0.2) is 0 Å². The standard InChI is InChI=1S/C7H13NO/c1-2-4-8-6(3-1)7-5-9-7/h6-8H,1-5H2. The van der Waals surface area contributed by atoms with Crippen LogP contribution in [0.15, 0.2) is 0 Å². The molecule has 9 heavy (non-hydrogen) atoms. The summed E-state index contributed by atoms with van der Waals surface area (Å²) in [5.74, 6) is 0. The molecule has 2 heteroatoms. The summed E-state index contributed by atoms with van der Waals surface area (Å²) in [5, 5.41) is 3.46. The first-order chi connectivity index (χ1) is 4.47. The summed E-state index contributed by atoms with van der Waals surface area (Å²) in [6, 6.07) is 0.693. The molecule has 2 aliphatic heterocycles. The summed E-state index contributed by atoms with van der Waals surface area (Å²) >= 11 is 0. The zero-order valence-corrected chi connectivity index (χ0v) is 5.60. The fraction of sp³-hybridized carbons (Fsp3) is 1.00. The molecule has 1 N–H and O–H groups in total. The van der Waals surface area contributed by atoms with Gasteiger partial charge >= 0.3 is 0 Å². The van der Waals surface area contributed by atoms with Crippen molar-refractivity contribution in [2.24, 2.45) is 0 Å². The van der Waals surface area contributed by atoms with Gasteiger partial charge in [0.1, 0.15) is 0 Å². The lowest BCUT2D eigenvalue weighted by atomic mass is 10.0. The second kappa shape index (κ2) is 2.27. The van der Waals surface area contributed by atoms with Gasteiger partial charge in [0.15, 0.2) is 0 Å². The van der Waals surface area contributed by atoms with E-state index in [4.69, 9.17) is 4.74 Å². The fourth-order valence-corrected chi connectivity index (χ4v) is 1.48. The van der Waals surface area contributed by atoms with Crippen molar-refractivity contribution in [2.75, 3.05) is 13.2 Å². The Kier molecular flexibility index (Phi) is 1.44. The predicted octanol–water partition coefficient (Wildman–Crippen LogP) is 0.527. The molecule has 0 aromatic carbocycles. The molecule has 0 bridgehead atoms. The normalized spacial score (nSPS) is 42.7. The Balaban J connectivity index is 1.80. The lowest BCUT2D eigenvalue weighted by Crippen LogP contribution is -2.38. The van der Waals surface area contributed by atoms with Crippen LogP contribution in [0.5, 0.6) is 0 Å². The van der Waals surface area contributed by atoms with Crippen LogP contribution in [0.25, 0.3) is 0 Å². The first kappa shape index (κ1) is 5.69. The van der Waals surface area contributed by atoms with Gasteiger partial charge in [0.25, 0.3) is 0 Å². The molecule has 2 atom stereocenters. The van der Waals surface area contributed by atoms with Crippen LogP contribution < -0.4 is 5.32 Å². The average molecular weight is 127 g/mol. The van der Waals surface area contributed by atoms with Gasteiger partial charge in [0, 0.05) is 6.04 Å². The first-order valence-corrected chi connectivity index (χ1v) is 3.82. The highest BCUT2D eigenvalue weighted by atomic mass is 16.6. The first-order valence-electron chi connectivity index (χ1n) is 3.82. The van der Waals surface area contributed by atoms with Crippen molar-refractivity contribution in [1.82, 2.24) is 5.32 Å². The van der Waals surface area contributed by atoms with Crippen molar-refractivity contribution < 1.29 is 4.74 Å². The third-order valence-corrected chi connectivity index (χ3v) is 2.16. The number of epoxide rings is 1. The Morgan fingerprint density at radius 3 is 2.78 bits per heavy atom. The molecule has 2 unspecified atom stereocenters. The van der Waals surface area contributed by atoms with Gasteiger partial charge < -0.3 is 10.1 Å². The van der Waals surface area contributed by atoms with Crippen molar-refractivity contribution in [1.29, 1.82) is 0 Å². The maximum Gasteiger partial charge on any atom is 0.0962 e. The molecule has 2 heterocycles. The zero-order chi connectivity index (χ0) is 6.10. The second-order valence-corrected chi connectivity index (χ2v) is 2.93. The second-order valence-electron chi connectivity index (χ2n) is 2.93. The van der Waals surface area contributed by atoms with Crippen LogP contribution in [0.1, 0.15) is 19.3 Å². The Morgan fingerprint density at radius 1 is 1.33 bits per heavy atom. The van der Waals surface area contributed by atoms with E-state index in [9.17, 15) is 0 Å². The molecular weight excluding hydrogens is 114 g/mol. The Bertz CT molecular complexity index is 95.1. The average Bonchev–Trinajstić information content (AvgIpc) is 2.71. The summed E-state index contributed by atoms with van der Waals surface area (Å²) in [6.07, 6.45) is 4.64. The van der Waals surface area contributed by atoms with E-state index in [0.717, 1.165) is 6.61 Å². The molecule has 2 saturated heterocycles. The van der Waals surface area contributed by atoms with Crippen LogP contribution in [0.4, 0.5) is 0 Å². The highest BCUT2D eigenvalue weighted by Crippen LogP contribution is 2.20. The number of hydrogen-bond acceptors (Lipinski definition) is 2. The van der Waals surface area contributed by atoms with Crippen LogP contribution >= 0.6 is 0 Å². The molecule has 0 saturated carbocycles. The third-order valence-electron chi connectivity index (χ3n) is 2.16. The van der Waals surface area contributed by atoms with E-state index in [2.05, 4.69) is 5.32 Å². The van der Waals surface area contributed by atoms with E-state index < -0.39 is 0 Å². The van der Waals surface area contributed by atoms with Crippen molar-refractivity contribution >= 4 is 0 Å². The lowest BCUT2D eigenvalue weighted by molar-refractivity contribution is 0.301. The van der Waals surface area contributed by atoms with Crippen molar-refractivity contribution in [2.45, 2.75) is 31.4 Å². The topological polar surface area (TPSA) is 24.6 Å². The molecule has 2 fully saturated rings. The molecule has 0 amide bonds. The van der Waals surface area contributed by atoms with Gasteiger partial charge in [-0.15, -0.1) is 0 Å². The Labute approximate surface area is 55.6 Å². The number of ether oxygens (including phenoxy) is 1. The highest BCUT2D eigenvalue weighted by Gasteiger charge is 2.32. The minimum absolute atomic E-state index is 0.574. The van der Waals surface area contributed by atoms with Gasteiger partial charge in [-0.2, -0.15) is 0 Å². The van der Waals surface area contributed by atoms with Gasteiger partial charge in [0.05, 0.1) is 12.7 Å². The summed E-state index contributed by atoms with van der Waals surface area (Å²) in [5.41, 5.74) is 0. The third kappa shape index (κ3) is 1.25. The van der Waals surface area contributed by atoms with Crippen LogP contribution in [0.2, 0.25) is 0 Å². The maximum atomic E-state index is 5.19. The predicted molar refractivity (Wildman–Crippen MR) is 35.4 cm³/mol. The minimum Gasteiger partial charge on any atom is -0.371 e. The van der Waals surface area contributed by atoms with Crippen LogP contribution in [-0.4, -0.2) is 25.3 Å². The summed E-state index contributed by atoms with van der Waals surface area (Å²) in [4.78, 5) is 0. The molecule has 2 aliphatic rings. The number of nitrogens with one attached hydrogen (secondary N) is 1. The maximum absolute atomic E-state index is 5.19. The van der Waals surface area contributed by atoms with Gasteiger partial charge in [-0.05, 0) is 19.4 Å². The Hall–Kier alpha value is -0.0800. The summed E-state index contributed by atoms with van der Waals surface area (Å²) in [7, 11) is 0. The fourth-order valence-electron chi connectivity index (χ4n) is 1.48. The minimum atomic E-state index is 0.574. The van der Waals surface area contributed by atoms with Crippen LogP contribution in [0, 0.1) is 0 Å². The van der Waals surface area contributed by atoms with Crippen molar-refractivity contribution in [3.63, 3.8) is 0 Å². The smallest absolute Gasteiger partial charge is 0.0962 e. The van der Waals surface area contributed by atoms with Crippen molar-refractivity contribution in [3.05, 3.63) is 0 Å². The van der Waals surface area contributed by atoms with Crippen LogP contribution in [-0.2, 0) is 4.74 Å². The van der Waals surface area contributed by atoms with Crippen LogP contribution in [0.3, 0.4) is 0 Å². The van der Waals surface area contributed by atoms with Gasteiger partial charge in [-0.1, -0.05) is 6.42 Å². The summed E-state index contributed by atoms with van der Waals surface area (Å²) < 4.78 is 5.19. The molecule has 2 rings (SSSR count). The van der Waals surface area contributed by atoms with E-state index in [1.807, 2.05) is 0 Å². The van der Waals surface area contributed by atoms with E-state index in [-0.39, 0.29) is 0 Å². The van der Waals surface area contributed by atoms with Gasteiger partial charge in [0.2, 0.25) is 0 Å². The quantitative estimate of drug-likeness (QED) is 0.519. The molecule has 52 valence electrons. The molecule has 0 aromatic heterocycles. The van der Waals surface area contributed by atoms with E-state index in [1.165, 1.54) is 25.8 Å². The molecule has 0 radical (unpaired) electrons. The molecule has 0 aliphatic carbocycles. The molecule has 0 spiro atoms. The SMILES string of the molecule is C1CCC(C2CO2)NC1. The van der Waals surface area contributed by atoms with Gasteiger partial charge in [-0.3, -0.25) is 0 Å². The molecular formula is C7H13NO. The monoisotopic (exact) mass is 127 g/mol. The highest BCUT2D eigenvalue weighted by molar-refractivity contribution is 4.86. The number of piperidine rings is 1.